The first kappa shape index (κ1) is 18.2. The van der Waals surface area contributed by atoms with Crippen LogP contribution in [0.4, 0.5) is 17.1 Å². The van der Waals surface area contributed by atoms with Gasteiger partial charge in [0.05, 0.1) is 17.4 Å². The Morgan fingerprint density at radius 3 is 2.79 bits per heavy atom. The molecule has 0 unspecified atom stereocenters. The molecule has 0 amide bonds. The van der Waals surface area contributed by atoms with Crippen LogP contribution in [0.15, 0.2) is 77.3 Å². The second-order valence-electron chi connectivity index (χ2n) is 6.61. The highest BCUT2D eigenvalue weighted by Gasteiger charge is 2.08. The average Bonchev–Trinajstić information content (AvgIpc) is 2.75. The molecule has 1 aromatic carbocycles. The summed E-state index contributed by atoms with van der Waals surface area (Å²) in [7, 11) is 0. The van der Waals surface area contributed by atoms with Crippen molar-refractivity contribution in [1.82, 2.24) is 9.97 Å². The van der Waals surface area contributed by atoms with E-state index in [1.54, 1.807) is 30.7 Å². The largest absolute Gasteiger partial charge is 0.399 e. The van der Waals surface area contributed by atoms with Crippen LogP contribution in [0.25, 0.3) is 10.9 Å². The summed E-state index contributed by atoms with van der Waals surface area (Å²) < 4.78 is 0. The maximum absolute atomic E-state index is 8.88. The Labute approximate surface area is 168 Å². The van der Waals surface area contributed by atoms with Gasteiger partial charge >= 0.3 is 0 Å². The zero-order valence-electron chi connectivity index (χ0n) is 15.6. The van der Waals surface area contributed by atoms with Crippen LogP contribution < -0.4 is 16.5 Å². The second kappa shape index (κ2) is 8.23. The van der Waals surface area contributed by atoms with Gasteiger partial charge in [0.1, 0.15) is 11.8 Å². The zero-order valence-corrected chi connectivity index (χ0v) is 15.6. The summed E-state index contributed by atoms with van der Waals surface area (Å²) in [4.78, 5) is 8.32. The lowest BCUT2D eigenvalue weighted by Gasteiger charge is -2.16. The summed E-state index contributed by atoms with van der Waals surface area (Å²) in [5.74, 6) is 0. The number of nitrogens with two attached hydrogens (primary N) is 1. The van der Waals surface area contributed by atoms with Gasteiger partial charge < -0.3 is 11.1 Å². The molecule has 0 atom stereocenters. The number of nitrogens with zero attached hydrogens (tertiary/aromatic N) is 4. The number of nitrogens with one attached hydrogen (secondary N) is 2. The highest BCUT2D eigenvalue weighted by Crippen LogP contribution is 2.27. The van der Waals surface area contributed by atoms with Crippen LogP contribution in [0.5, 0.6) is 0 Å². The van der Waals surface area contributed by atoms with E-state index in [1.165, 1.54) is 0 Å². The number of anilines is 3. The third-order valence-electron chi connectivity index (χ3n) is 4.54. The standard InChI is InChI=1S/C22H19N7/c23-13-19-12-18(7-9-25-19)29-27-14-15-1-4-17(5-2-15)28-22-8-10-26-21-6-3-16(24)11-20(21)22/h1,3-4,6-12,14H,2,5,24H2,(H,25,29)(H,26,28)/b27-14+. The van der Waals surface area contributed by atoms with E-state index in [2.05, 4.69) is 31.9 Å². The number of allylic oxidation sites excluding steroid dienone is 4. The number of aromatic nitrogens is 2. The summed E-state index contributed by atoms with van der Waals surface area (Å²) in [5.41, 5.74) is 14.8. The van der Waals surface area contributed by atoms with E-state index >= 15 is 0 Å². The maximum Gasteiger partial charge on any atom is 0.142 e. The normalized spacial score (nSPS) is 13.6. The van der Waals surface area contributed by atoms with Crippen LogP contribution in [0.2, 0.25) is 0 Å². The van der Waals surface area contributed by atoms with Gasteiger partial charge in [0, 0.05) is 34.9 Å². The minimum absolute atomic E-state index is 0.353. The molecule has 3 aromatic rings. The molecule has 0 saturated heterocycles. The molecular weight excluding hydrogens is 362 g/mol. The predicted octanol–water partition coefficient (Wildman–Crippen LogP) is 4.20. The molecule has 0 saturated carbocycles. The molecule has 0 bridgehead atoms. The Morgan fingerprint density at radius 1 is 1.07 bits per heavy atom. The molecule has 2 aromatic heterocycles. The third-order valence-corrected chi connectivity index (χ3v) is 4.54. The Morgan fingerprint density at radius 2 is 1.97 bits per heavy atom. The van der Waals surface area contributed by atoms with Crippen LogP contribution in [0.1, 0.15) is 18.5 Å². The van der Waals surface area contributed by atoms with Crippen LogP contribution >= 0.6 is 0 Å². The average molecular weight is 381 g/mol. The van der Waals surface area contributed by atoms with Gasteiger partial charge in [0.15, 0.2) is 0 Å². The Kier molecular flexibility index (Phi) is 5.16. The number of rotatable bonds is 5. The SMILES string of the molecule is N#Cc1cc(N/N=C/C2=CC=C(Nc3ccnc4ccc(N)cc34)CC2)ccn1. The van der Waals surface area contributed by atoms with Gasteiger partial charge in [0.25, 0.3) is 0 Å². The molecule has 4 rings (SSSR count). The van der Waals surface area contributed by atoms with Crippen molar-refractivity contribution in [3.8, 4) is 6.07 Å². The lowest BCUT2D eigenvalue weighted by Crippen LogP contribution is -2.05. The Balaban J connectivity index is 1.43. The molecule has 0 fully saturated rings. The lowest BCUT2D eigenvalue weighted by atomic mass is 10.0. The van der Waals surface area contributed by atoms with Crippen molar-refractivity contribution in [3.63, 3.8) is 0 Å². The molecule has 2 heterocycles. The fraction of sp³-hybridized carbons (Fsp3) is 0.0909. The molecule has 0 radical (unpaired) electrons. The molecule has 0 aliphatic heterocycles. The van der Waals surface area contributed by atoms with Gasteiger partial charge in [-0.1, -0.05) is 6.08 Å². The molecule has 7 nitrogen and oxygen atoms in total. The number of fused-ring (bicyclic) bond motifs is 1. The number of pyridine rings is 2. The number of benzene rings is 1. The number of nitriles is 1. The summed E-state index contributed by atoms with van der Waals surface area (Å²) in [6.07, 6.45) is 11.0. The minimum Gasteiger partial charge on any atom is -0.399 e. The lowest BCUT2D eigenvalue weighted by molar-refractivity contribution is 0.945. The minimum atomic E-state index is 0.353. The number of hydrogen-bond acceptors (Lipinski definition) is 7. The third kappa shape index (κ3) is 4.39. The van der Waals surface area contributed by atoms with E-state index in [-0.39, 0.29) is 0 Å². The van der Waals surface area contributed by atoms with Gasteiger partial charge in [-0.2, -0.15) is 10.4 Å². The van der Waals surface area contributed by atoms with Crippen LogP contribution in [-0.4, -0.2) is 16.2 Å². The fourth-order valence-electron chi connectivity index (χ4n) is 3.06. The van der Waals surface area contributed by atoms with Crippen molar-refractivity contribution in [2.45, 2.75) is 12.8 Å². The van der Waals surface area contributed by atoms with Crippen molar-refractivity contribution in [3.05, 3.63) is 77.9 Å². The first-order valence-electron chi connectivity index (χ1n) is 9.17. The first-order chi connectivity index (χ1) is 14.2. The Hall–Kier alpha value is -4.18. The molecule has 0 spiro atoms. The Bertz CT molecular complexity index is 1190. The van der Waals surface area contributed by atoms with Crippen LogP contribution in [0, 0.1) is 11.3 Å². The molecule has 7 heteroatoms. The zero-order chi connectivity index (χ0) is 20.1. The number of hydrazone groups is 1. The van der Waals surface area contributed by atoms with Crippen molar-refractivity contribution < 1.29 is 0 Å². The summed E-state index contributed by atoms with van der Waals surface area (Å²) >= 11 is 0. The van der Waals surface area contributed by atoms with Gasteiger partial charge in [-0.05, 0) is 60.9 Å². The second-order valence-corrected chi connectivity index (χ2v) is 6.61. The summed E-state index contributed by atoms with van der Waals surface area (Å²) in [6, 6.07) is 13.1. The molecule has 1 aliphatic carbocycles. The monoisotopic (exact) mass is 381 g/mol. The van der Waals surface area contributed by atoms with E-state index < -0.39 is 0 Å². The van der Waals surface area contributed by atoms with Crippen molar-refractivity contribution in [1.29, 1.82) is 5.26 Å². The van der Waals surface area contributed by atoms with E-state index in [0.29, 0.717) is 11.4 Å². The van der Waals surface area contributed by atoms with Crippen LogP contribution in [0.3, 0.4) is 0 Å². The molecule has 29 heavy (non-hydrogen) atoms. The van der Waals surface area contributed by atoms with E-state index in [4.69, 9.17) is 11.0 Å². The molecular formula is C22H19N7. The van der Waals surface area contributed by atoms with Crippen molar-refractivity contribution >= 4 is 34.2 Å². The van der Waals surface area contributed by atoms with Gasteiger partial charge in [-0.15, -0.1) is 0 Å². The van der Waals surface area contributed by atoms with E-state index in [9.17, 15) is 0 Å². The van der Waals surface area contributed by atoms with E-state index in [1.807, 2.05) is 36.4 Å². The molecule has 4 N–H and O–H groups in total. The highest BCUT2D eigenvalue weighted by atomic mass is 15.3. The number of nitrogen functional groups attached to an aromatic ring is 1. The van der Waals surface area contributed by atoms with Crippen molar-refractivity contribution in [2.24, 2.45) is 5.10 Å². The topological polar surface area (TPSA) is 112 Å². The predicted molar refractivity (Wildman–Crippen MR) is 116 cm³/mol. The van der Waals surface area contributed by atoms with Crippen LogP contribution in [-0.2, 0) is 0 Å². The highest BCUT2D eigenvalue weighted by molar-refractivity contribution is 5.93. The van der Waals surface area contributed by atoms with Gasteiger partial charge in [-0.25, -0.2) is 4.98 Å². The quantitative estimate of drug-likeness (QED) is 0.347. The maximum atomic E-state index is 8.88. The van der Waals surface area contributed by atoms with E-state index in [0.717, 1.165) is 46.4 Å². The van der Waals surface area contributed by atoms with Gasteiger partial charge in [-0.3, -0.25) is 10.4 Å². The summed E-state index contributed by atoms with van der Waals surface area (Å²) in [5, 5.41) is 17.6. The molecule has 1 aliphatic rings. The van der Waals surface area contributed by atoms with Crippen molar-refractivity contribution in [2.75, 3.05) is 16.5 Å². The molecule has 142 valence electrons. The fourth-order valence-corrected chi connectivity index (χ4v) is 3.06. The summed E-state index contributed by atoms with van der Waals surface area (Å²) in [6.45, 7) is 0. The first-order valence-corrected chi connectivity index (χ1v) is 9.17. The smallest absolute Gasteiger partial charge is 0.142 e. The number of hydrogen-bond donors (Lipinski definition) is 3. The van der Waals surface area contributed by atoms with Gasteiger partial charge in [0.2, 0.25) is 0 Å².